The highest BCUT2D eigenvalue weighted by Crippen LogP contribution is 2.32. The number of methoxy groups -OCH3 is 1. The zero-order valence-corrected chi connectivity index (χ0v) is 19.8. The van der Waals surface area contributed by atoms with Crippen molar-refractivity contribution in [2.24, 2.45) is 5.92 Å². The van der Waals surface area contributed by atoms with E-state index in [9.17, 15) is 4.79 Å². The van der Waals surface area contributed by atoms with Crippen molar-refractivity contribution in [3.63, 3.8) is 0 Å². The lowest BCUT2D eigenvalue weighted by Gasteiger charge is -2.24. The van der Waals surface area contributed by atoms with Gasteiger partial charge in [-0.05, 0) is 63.4 Å². The third-order valence-electron chi connectivity index (χ3n) is 7.08. The molecule has 1 amide bonds. The minimum atomic E-state index is 0.185. The third-order valence-corrected chi connectivity index (χ3v) is 7.08. The number of aromatic nitrogens is 3. The zero-order valence-electron chi connectivity index (χ0n) is 19.8. The van der Waals surface area contributed by atoms with Gasteiger partial charge in [-0.1, -0.05) is 19.3 Å². The number of amides is 1. The normalized spacial score (nSPS) is 19.2. The van der Waals surface area contributed by atoms with Crippen molar-refractivity contribution >= 4 is 17.2 Å². The summed E-state index contributed by atoms with van der Waals surface area (Å²) in [6.45, 7) is 5.76. The van der Waals surface area contributed by atoms with Crippen LogP contribution in [0.15, 0.2) is 30.3 Å². The van der Waals surface area contributed by atoms with E-state index in [0.29, 0.717) is 0 Å². The molecule has 0 bridgehead atoms. The lowest BCUT2D eigenvalue weighted by atomic mass is 9.88. The molecule has 7 heteroatoms. The number of nitrogens with one attached hydrogen (secondary N) is 1. The number of aryl methyl sites for hydroxylation is 2. The highest BCUT2D eigenvalue weighted by molar-refractivity contribution is 5.80. The molecule has 1 N–H and O–H groups in total. The van der Waals surface area contributed by atoms with Gasteiger partial charge < -0.3 is 15.0 Å². The van der Waals surface area contributed by atoms with Gasteiger partial charge >= 0.3 is 0 Å². The summed E-state index contributed by atoms with van der Waals surface area (Å²) in [4.78, 5) is 20.0. The van der Waals surface area contributed by atoms with Crippen LogP contribution in [0.3, 0.4) is 0 Å². The summed E-state index contributed by atoms with van der Waals surface area (Å²) in [6, 6.07) is 10.3. The van der Waals surface area contributed by atoms with E-state index in [4.69, 9.17) is 14.8 Å². The summed E-state index contributed by atoms with van der Waals surface area (Å²) in [5, 5.41) is 8.13. The Labute approximate surface area is 195 Å². The van der Waals surface area contributed by atoms with Gasteiger partial charge in [0.05, 0.1) is 29.9 Å². The van der Waals surface area contributed by atoms with E-state index in [1.54, 1.807) is 7.11 Å². The van der Waals surface area contributed by atoms with Gasteiger partial charge in [-0.2, -0.15) is 5.10 Å². The standard InChI is InChI=1S/C26H33N5O2/c1-17-15-23(30-14-13-21(16-30)28-26(32)20-7-5-4-6-8-20)25-27-18(2)24(31(25)29-17)19-9-11-22(33-3)12-10-19/h9-12,15,20-21H,4-8,13-14,16H2,1-3H3,(H,28,32). The molecule has 1 aromatic carbocycles. The predicted octanol–water partition coefficient (Wildman–Crippen LogP) is 4.30. The molecule has 1 saturated carbocycles. The largest absolute Gasteiger partial charge is 0.497 e. The fraction of sp³-hybridized carbons (Fsp3) is 0.500. The van der Waals surface area contributed by atoms with Crippen molar-refractivity contribution < 1.29 is 9.53 Å². The lowest BCUT2D eigenvalue weighted by molar-refractivity contribution is -0.126. The number of carbonyl (C=O) groups excluding carboxylic acids is 1. The van der Waals surface area contributed by atoms with Gasteiger partial charge in [0, 0.05) is 30.6 Å². The van der Waals surface area contributed by atoms with Crippen LogP contribution in [0.25, 0.3) is 16.9 Å². The fourth-order valence-electron chi connectivity index (χ4n) is 5.32. The first-order chi connectivity index (χ1) is 16.0. The molecule has 0 radical (unpaired) electrons. The SMILES string of the molecule is COc1ccc(-c2c(C)nc3c(N4CCC(NC(=O)C5CCCCC5)C4)cc(C)nn23)cc1. The van der Waals surface area contributed by atoms with Crippen molar-refractivity contribution in [1.29, 1.82) is 0 Å². The molecule has 1 unspecified atom stereocenters. The third kappa shape index (κ3) is 4.28. The first kappa shape index (κ1) is 21.7. The number of benzene rings is 1. The Kier molecular flexibility index (Phi) is 5.96. The molecule has 2 aliphatic rings. The molecule has 2 fully saturated rings. The molecule has 3 aromatic rings. The Bertz CT molecular complexity index is 1150. The highest BCUT2D eigenvalue weighted by atomic mass is 16.5. The van der Waals surface area contributed by atoms with Crippen molar-refractivity contribution in [1.82, 2.24) is 19.9 Å². The minimum Gasteiger partial charge on any atom is -0.497 e. The van der Waals surface area contributed by atoms with E-state index >= 15 is 0 Å². The molecule has 1 saturated heterocycles. The Morgan fingerprint density at radius 3 is 2.58 bits per heavy atom. The average Bonchev–Trinajstić information content (AvgIpc) is 3.43. The maximum absolute atomic E-state index is 12.7. The number of ether oxygens (including phenoxy) is 1. The minimum absolute atomic E-state index is 0.185. The molecule has 7 nitrogen and oxygen atoms in total. The fourth-order valence-corrected chi connectivity index (χ4v) is 5.32. The van der Waals surface area contributed by atoms with E-state index < -0.39 is 0 Å². The molecule has 174 valence electrons. The Balaban J connectivity index is 1.40. The molecular formula is C26H33N5O2. The van der Waals surface area contributed by atoms with Gasteiger partial charge in [0.2, 0.25) is 5.91 Å². The number of hydrogen-bond acceptors (Lipinski definition) is 5. The van der Waals surface area contributed by atoms with Crippen LogP contribution in [0.1, 0.15) is 49.9 Å². The van der Waals surface area contributed by atoms with Crippen LogP contribution in [-0.4, -0.2) is 46.7 Å². The maximum Gasteiger partial charge on any atom is 0.223 e. The number of rotatable bonds is 5. The van der Waals surface area contributed by atoms with Gasteiger partial charge in [0.25, 0.3) is 0 Å². The molecule has 1 aliphatic carbocycles. The van der Waals surface area contributed by atoms with Gasteiger partial charge in [-0.25, -0.2) is 9.50 Å². The van der Waals surface area contributed by atoms with E-state index in [1.807, 2.05) is 42.6 Å². The number of anilines is 1. The number of nitrogens with zero attached hydrogens (tertiary/aromatic N) is 4. The lowest BCUT2D eigenvalue weighted by Crippen LogP contribution is -2.41. The summed E-state index contributed by atoms with van der Waals surface area (Å²) in [5.41, 5.74) is 5.89. The Hall–Kier alpha value is -3.09. The Morgan fingerprint density at radius 2 is 1.85 bits per heavy atom. The van der Waals surface area contributed by atoms with Crippen molar-refractivity contribution in [3.8, 4) is 17.0 Å². The first-order valence-electron chi connectivity index (χ1n) is 12.1. The average molecular weight is 448 g/mol. The van der Waals surface area contributed by atoms with Crippen LogP contribution < -0.4 is 15.0 Å². The Morgan fingerprint density at radius 1 is 1.09 bits per heavy atom. The summed E-state index contributed by atoms with van der Waals surface area (Å²) in [7, 11) is 1.67. The predicted molar refractivity (Wildman–Crippen MR) is 130 cm³/mol. The van der Waals surface area contributed by atoms with Gasteiger partial charge in [0.1, 0.15) is 5.75 Å². The van der Waals surface area contributed by atoms with Crippen LogP contribution in [0.4, 0.5) is 5.69 Å². The van der Waals surface area contributed by atoms with E-state index in [2.05, 4.69) is 16.3 Å². The number of carbonyl (C=O) groups is 1. The smallest absolute Gasteiger partial charge is 0.223 e. The number of fused-ring (bicyclic) bond motifs is 1. The summed E-state index contributed by atoms with van der Waals surface area (Å²) >= 11 is 0. The molecule has 5 rings (SSSR count). The van der Waals surface area contributed by atoms with Crippen LogP contribution in [0, 0.1) is 19.8 Å². The molecule has 2 aromatic heterocycles. The van der Waals surface area contributed by atoms with Gasteiger partial charge in [0.15, 0.2) is 5.65 Å². The second-order valence-corrected chi connectivity index (χ2v) is 9.46. The van der Waals surface area contributed by atoms with E-state index in [-0.39, 0.29) is 17.9 Å². The van der Waals surface area contributed by atoms with Crippen LogP contribution in [-0.2, 0) is 4.79 Å². The second-order valence-electron chi connectivity index (χ2n) is 9.46. The second kappa shape index (κ2) is 9.04. The summed E-state index contributed by atoms with van der Waals surface area (Å²) in [6.07, 6.45) is 6.65. The van der Waals surface area contributed by atoms with E-state index in [0.717, 1.165) is 72.1 Å². The monoisotopic (exact) mass is 447 g/mol. The van der Waals surface area contributed by atoms with E-state index in [1.165, 1.54) is 19.3 Å². The summed E-state index contributed by atoms with van der Waals surface area (Å²) in [5.74, 6) is 1.27. The molecule has 1 atom stereocenters. The summed E-state index contributed by atoms with van der Waals surface area (Å²) < 4.78 is 7.28. The number of hydrogen-bond donors (Lipinski definition) is 1. The topological polar surface area (TPSA) is 71.8 Å². The van der Waals surface area contributed by atoms with Crippen molar-refractivity contribution in [2.75, 3.05) is 25.1 Å². The number of imidazole rings is 1. The zero-order chi connectivity index (χ0) is 22.9. The van der Waals surface area contributed by atoms with Gasteiger partial charge in [-0.3, -0.25) is 4.79 Å². The van der Waals surface area contributed by atoms with Gasteiger partial charge in [-0.15, -0.1) is 0 Å². The molecule has 3 heterocycles. The molecule has 0 spiro atoms. The van der Waals surface area contributed by atoms with Crippen molar-refractivity contribution in [2.45, 2.75) is 58.4 Å². The van der Waals surface area contributed by atoms with Crippen LogP contribution >= 0.6 is 0 Å². The van der Waals surface area contributed by atoms with Crippen LogP contribution in [0.2, 0.25) is 0 Å². The molecule has 1 aliphatic heterocycles. The maximum atomic E-state index is 12.7. The van der Waals surface area contributed by atoms with Crippen molar-refractivity contribution in [3.05, 3.63) is 41.7 Å². The first-order valence-corrected chi connectivity index (χ1v) is 12.1. The van der Waals surface area contributed by atoms with Crippen LogP contribution in [0.5, 0.6) is 5.75 Å². The molecule has 33 heavy (non-hydrogen) atoms. The quantitative estimate of drug-likeness (QED) is 0.632. The molecular weight excluding hydrogens is 414 g/mol. The highest BCUT2D eigenvalue weighted by Gasteiger charge is 2.29.